The first-order valence-corrected chi connectivity index (χ1v) is 19.0. The number of aryl methyl sites for hydroxylation is 1. The summed E-state index contributed by atoms with van der Waals surface area (Å²) >= 11 is 0. The maximum atomic E-state index is 13.4. The van der Waals surface area contributed by atoms with E-state index in [1.807, 2.05) is 39.0 Å². The minimum absolute atomic E-state index is 0.000637. The van der Waals surface area contributed by atoms with Gasteiger partial charge in [-0.05, 0) is 80.0 Å². The van der Waals surface area contributed by atoms with Crippen LogP contribution in [0.1, 0.15) is 50.7 Å². The van der Waals surface area contributed by atoms with Crippen molar-refractivity contribution in [2.75, 3.05) is 30.8 Å². The largest absolute Gasteiger partial charge is 0.480 e. The van der Waals surface area contributed by atoms with Crippen LogP contribution in [0.2, 0.25) is 0 Å². The van der Waals surface area contributed by atoms with E-state index in [0.717, 1.165) is 9.87 Å². The Kier molecular flexibility index (Phi) is 14.1. The highest BCUT2D eigenvalue weighted by Crippen LogP contribution is 2.26. The number of hydrogen-bond donors (Lipinski definition) is 5. The number of urea groups is 1. The predicted octanol–water partition coefficient (Wildman–Crippen LogP) is 3.98. The van der Waals surface area contributed by atoms with Crippen LogP contribution >= 0.6 is 0 Å². The number of amides is 5. The molecule has 0 radical (unpaired) electrons. The fraction of sp³-hybridized carbons (Fsp3) is 0.395. The molecule has 0 spiro atoms. The number of anilines is 2. The van der Waals surface area contributed by atoms with Gasteiger partial charge in [-0.2, -0.15) is 4.31 Å². The van der Waals surface area contributed by atoms with E-state index >= 15 is 0 Å². The third-order valence-electron chi connectivity index (χ3n) is 9.02. The molecule has 53 heavy (non-hydrogen) atoms. The van der Waals surface area contributed by atoms with Crippen LogP contribution in [0.5, 0.6) is 0 Å². The molecule has 0 unspecified atom stereocenters. The van der Waals surface area contributed by atoms with E-state index in [0.29, 0.717) is 29.8 Å². The van der Waals surface area contributed by atoms with E-state index in [-0.39, 0.29) is 49.1 Å². The highest BCUT2D eigenvalue weighted by Gasteiger charge is 2.40. The molecule has 5 N–H and O–H groups in total. The first-order valence-electron chi connectivity index (χ1n) is 17.5. The zero-order valence-corrected chi connectivity index (χ0v) is 31.2. The summed E-state index contributed by atoms with van der Waals surface area (Å²) in [5.41, 5.74) is 2.82. The molecule has 1 aliphatic rings. The molecule has 284 valence electrons. The summed E-state index contributed by atoms with van der Waals surface area (Å²) in [5, 5.41) is 20.6. The van der Waals surface area contributed by atoms with Gasteiger partial charge >= 0.3 is 12.0 Å². The fourth-order valence-corrected chi connectivity index (χ4v) is 7.74. The predicted molar refractivity (Wildman–Crippen MR) is 201 cm³/mol. The van der Waals surface area contributed by atoms with Gasteiger partial charge in [0.1, 0.15) is 18.1 Å². The Hall–Kier alpha value is -5.28. The quantitative estimate of drug-likeness (QED) is 0.145. The summed E-state index contributed by atoms with van der Waals surface area (Å²) in [7, 11) is -2.43. The molecule has 5 amide bonds. The number of hydrogen-bond acceptors (Lipinski definition) is 7. The van der Waals surface area contributed by atoms with Crippen LogP contribution in [0.4, 0.5) is 16.2 Å². The summed E-state index contributed by atoms with van der Waals surface area (Å²) in [6.07, 6.45) is 0.863. The lowest BCUT2D eigenvalue weighted by molar-refractivity contribution is -0.142. The molecule has 1 aliphatic heterocycles. The van der Waals surface area contributed by atoms with Crippen LogP contribution in [-0.4, -0.2) is 90.7 Å². The topological polar surface area (TPSA) is 194 Å². The first kappa shape index (κ1) is 40.5. The third-order valence-corrected chi connectivity index (χ3v) is 10.9. The van der Waals surface area contributed by atoms with E-state index < -0.39 is 52.0 Å². The number of likely N-dealkylation sites (N-methyl/N-ethyl adjacent to an activating group) is 1. The average molecular weight is 749 g/mol. The second kappa shape index (κ2) is 18.5. The van der Waals surface area contributed by atoms with Crippen molar-refractivity contribution in [1.82, 2.24) is 19.8 Å². The molecule has 14 nitrogen and oxygen atoms in total. The first-order chi connectivity index (χ1) is 25.2. The molecule has 3 aromatic carbocycles. The molecule has 1 saturated heterocycles. The highest BCUT2D eigenvalue weighted by molar-refractivity contribution is 7.89. The molecule has 0 bridgehead atoms. The SMILES string of the molecule is Cc1ccccc1NC(=O)Nc1ccc(CC(=O)N(C)[C@@H](CC(C)C)C(=O)NCC[C@H](NC(=O)[C@H]2CCCN2S(=O)(=O)c2ccccc2)C(=O)O)cc1. The maximum Gasteiger partial charge on any atom is 0.326 e. The molecule has 0 aromatic heterocycles. The zero-order chi connectivity index (χ0) is 38.7. The van der Waals surface area contributed by atoms with Gasteiger partial charge in [0.2, 0.25) is 27.7 Å². The average Bonchev–Trinajstić information content (AvgIpc) is 3.63. The van der Waals surface area contributed by atoms with Crippen LogP contribution in [0.15, 0.2) is 83.8 Å². The molecular formula is C38H48N6O8S. The molecule has 0 aliphatic carbocycles. The number of sulfonamides is 1. The van der Waals surface area contributed by atoms with Gasteiger partial charge in [-0.15, -0.1) is 0 Å². The van der Waals surface area contributed by atoms with Gasteiger partial charge < -0.3 is 31.3 Å². The van der Waals surface area contributed by atoms with Gasteiger partial charge in [0.05, 0.1) is 11.3 Å². The smallest absolute Gasteiger partial charge is 0.326 e. The number of carbonyl (C=O) groups is 5. The van der Waals surface area contributed by atoms with Crippen molar-refractivity contribution in [2.45, 2.75) is 75.9 Å². The molecule has 3 aromatic rings. The van der Waals surface area contributed by atoms with Gasteiger partial charge in [-0.3, -0.25) is 14.4 Å². The van der Waals surface area contributed by atoms with Crippen LogP contribution in [0.25, 0.3) is 0 Å². The minimum Gasteiger partial charge on any atom is -0.480 e. The Balaban J connectivity index is 1.30. The zero-order valence-electron chi connectivity index (χ0n) is 30.4. The lowest BCUT2D eigenvalue weighted by Crippen LogP contribution is -2.52. The standard InChI is InChI=1S/C38H48N6O8S/c1-25(2)23-33(43(4)34(45)24-27-16-18-28(19-17-27)40-38(50)42-30-14-9-8-11-26(30)3)35(46)39-21-20-31(37(48)49)41-36(47)32-15-10-22-44(32)53(51,52)29-12-6-5-7-13-29/h5-9,11-14,16-19,25,31-33H,10,15,20-24H2,1-4H3,(H,39,46)(H,41,47)(H,48,49)(H2,40,42,50)/t31-,32+,33-/m0/s1. The van der Waals surface area contributed by atoms with Gasteiger partial charge in [0.25, 0.3) is 0 Å². The van der Waals surface area contributed by atoms with E-state index in [4.69, 9.17) is 0 Å². The van der Waals surface area contributed by atoms with Crippen LogP contribution in [0, 0.1) is 12.8 Å². The Morgan fingerprint density at radius 1 is 0.925 bits per heavy atom. The van der Waals surface area contributed by atoms with Gasteiger partial charge in [0, 0.05) is 31.5 Å². The van der Waals surface area contributed by atoms with Gasteiger partial charge in [-0.25, -0.2) is 18.0 Å². The van der Waals surface area contributed by atoms with Crippen molar-refractivity contribution in [3.8, 4) is 0 Å². The second-order valence-electron chi connectivity index (χ2n) is 13.5. The Morgan fingerprint density at radius 3 is 2.23 bits per heavy atom. The van der Waals surface area contributed by atoms with E-state index in [9.17, 15) is 37.5 Å². The van der Waals surface area contributed by atoms with Crippen molar-refractivity contribution in [3.63, 3.8) is 0 Å². The molecule has 1 heterocycles. The monoisotopic (exact) mass is 748 g/mol. The number of rotatable bonds is 16. The molecule has 1 fully saturated rings. The van der Waals surface area contributed by atoms with Gasteiger partial charge in [0.15, 0.2) is 0 Å². The number of nitrogens with zero attached hydrogens (tertiary/aromatic N) is 2. The highest BCUT2D eigenvalue weighted by atomic mass is 32.2. The lowest BCUT2D eigenvalue weighted by Gasteiger charge is -2.29. The molecule has 4 rings (SSSR count). The Labute approximate surface area is 310 Å². The maximum absolute atomic E-state index is 13.4. The molecule has 15 heteroatoms. The molecule has 3 atom stereocenters. The fourth-order valence-electron chi connectivity index (χ4n) is 6.06. The Morgan fingerprint density at radius 2 is 1.58 bits per heavy atom. The lowest BCUT2D eigenvalue weighted by atomic mass is 10.0. The van der Waals surface area contributed by atoms with E-state index in [2.05, 4.69) is 21.3 Å². The summed E-state index contributed by atoms with van der Waals surface area (Å²) in [6.45, 7) is 5.74. The van der Waals surface area contributed by atoms with Gasteiger partial charge in [-0.1, -0.05) is 62.4 Å². The number of nitrogens with one attached hydrogen (secondary N) is 4. The Bertz CT molecular complexity index is 1870. The number of carbonyl (C=O) groups excluding carboxylic acids is 4. The number of carboxylic acid groups (broad SMARTS) is 1. The van der Waals surface area contributed by atoms with Crippen molar-refractivity contribution >= 4 is 51.1 Å². The second-order valence-corrected chi connectivity index (χ2v) is 15.4. The summed E-state index contributed by atoms with van der Waals surface area (Å²) in [6, 6.07) is 18.2. The van der Waals surface area contributed by atoms with E-state index in [1.54, 1.807) is 48.5 Å². The summed E-state index contributed by atoms with van der Waals surface area (Å²) in [5.74, 6) is -2.80. The van der Waals surface area contributed by atoms with Crippen LogP contribution < -0.4 is 21.3 Å². The number of carboxylic acids is 1. The van der Waals surface area contributed by atoms with E-state index in [1.165, 1.54) is 24.1 Å². The number of para-hydroxylation sites is 1. The normalized spacial score (nSPS) is 15.6. The minimum atomic E-state index is -3.97. The van der Waals surface area contributed by atoms with Crippen LogP contribution in [-0.2, 0) is 35.6 Å². The third kappa shape index (κ3) is 11.1. The number of aliphatic carboxylic acids is 1. The molecule has 0 saturated carbocycles. The van der Waals surface area contributed by atoms with Crippen LogP contribution in [0.3, 0.4) is 0 Å². The van der Waals surface area contributed by atoms with Crippen molar-refractivity contribution in [3.05, 3.63) is 90.0 Å². The van der Waals surface area contributed by atoms with Crippen molar-refractivity contribution in [1.29, 1.82) is 0 Å². The molecular weight excluding hydrogens is 701 g/mol. The van der Waals surface area contributed by atoms with Crippen molar-refractivity contribution in [2.24, 2.45) is 5.92 Å². The summed E-state index contributed by atoms with van der Waals surface area (Å²) < 4.78 is 27.5. The number of benzene rings is 3. The summed E-state index contributed by atoms with van der Waals surface area (Å²) in [4.78, 5) is 65.9. The van der Waals surface area contributed by atoms with Crippen molar-refractivity contribution < 1.29 is 37.5 Å².